The molecule has 1 heterocycles. The molecule has 1 aromatic carbocycles. The van der Waals surface area contributed by atoms with E-state index >= 15 is 0 Å². The number of carboxylic acids is 1. The van der Waals surface area contributed by atoms with Gasteiger partial charge in [-0.3, -0.25) is 19.4 Å². The van der Waals surface area contributed by atoms with Gasteiger partial charge in [-0.25, -0.2) is 4.79 Å². The molecule has 0 saturated heterocycles. The van der Waals surface area contributed by atoms with E-state index in [2.05, 4.69) is 25.9 Å². The number of para-hydroxylation sites is 1. The lowest BCUT2D eigenvalue weighted by atomic mass is 10.00. The molecular weight excluding hydrogens is 560 g/mol. The topological polar surface area (TPSA) is 231 Å². The van der Waals surface area contributed by atoms with E-state index in [0.717, 1.165) is 16.5 Å². The zero-order chi connectivity index (χ0) is 31.2. The van der Waals surface area contributed by atoms with Gasteiger partial charge < -0.3 is 43.2 Å². The van der Waals surface area contributed by atoms with Crippen LogP contribution in [0.4, 0.5) is 0 Å². The molecule has 2 rings (SSSR count). The molecule has 0 bridgehead atoms. The molecule has 4 atom stereocenters. The lowest BCUT2D eigenvalue weighted by molar-refractivity contribution is -0.142. The quantitative estimate of drug-likeness (QED) is 0.0669. The van der Waals surface area contributed by atoms with E-state index in [1.165, 1.54) is 0 Å². The van der Waals surface area contributed by atoms with Gasteiger partial charge in [-0.1, -0.05) is 32.0 Å². The molecule has 0 spiro atoms. The van der Waals surface area contributed by atoms with Crippen molar-refractivity contribution in [2.75, 3.05) is 18.6 Å². The van der Waals surface area contributed by atoms with E-state index in [9.17, 15) is 24.3 Å². The van der Waals surface area contributed by atoms with Gasteiger partial charge in [-0.05, 0) is 55.2 Å². The highest BCUT2D eigenvalue weighted by atomic mass is 32.2. The summed E-state index contributed by atoms with van der Waals surface area (Å²) in [7, 11) is 0. The average molecular weight is 605 g/mol. The van der Waals surface area contributed by atoms with Crippen LogP contribution in [0.25, 0.3) is 10.9 Å². The highest BCUT2D eigenvalue weighted by molar-refractivity contribution is 7.98. The van der Waals surface area contributed by atoms with Crippen molar-refractivity contribution in [3.05, 3.63) is 36.0 Å². The van der Waals surface area contributed by atoms with Gasteiger partial charge in [-0.15, -0.1) is 0 Å². The summed E-state index contributed by atoms with van der Waals surface area (Å²) in [6.45, 7) is 4.03. The van der Waals surface area contributed by atoms with E-state index < -0.39 is 47.9 Å². The van der Waals surface area contributed by atoms with Crippen molar-refractivity contribution in [3.8, 4) is 0 Å². The summed E-state index contributed by atoms with van der Waals surface area (Å²) in [5.41, 5.74) is 18.3. The number of amides is 3. The number of hydrogen-bond acceptors (Lipinski definition) is 7. The second kappa shape index (κ2) is 17.2. The van der Waals surface area contributed by atoms with Crippen LogP contribution in [0.3, 0.4) is 0 Å². The highest BCUT2D eigenvalue weighted by Gasteiger charge is 2.31. The summed E-state index contributed by atoms with van der Waals surface area (Å²) in [6.07, 6.45) is 4.90. The van der Waals surface area contributed by atoms with Crippen molar-refractivity contribution in [3.63, 3.8) is 0 Å². The second-order valence-electron chi connectivity index (χ2n) is 10.6. The van der Waals surface area contributed by atoms with Crippen LogP contribution in [-0.4, -0.2) is 82.5 Å². The molecule has 0 saturated carbocycles. The first-order valence-electron chi connectivity index (χ1n) is 13.9. The molecule has 4 unspecified atom stereocenters. The van der Waals surface area contributed by atoms with Gasteiger partial charge in [0.25, 0.3) is 0 Å². The van der Waals surface area contributed by atoms with E-state index in [0.29, 0.717) is 25.0 Å². The Labute approximate surface area is 250 Å². The Morgan fingerprint density at radius 1 is 0.976 bits per heavy atom. The molecule has 0 aliphatic heterocycles. The molecular formula is C28H44N8O5S. The number of aliphatic imine (C=N–C) groups is 1. The molecule has 0 radical (unpaired) electrons. The number of nitrogens with two attached hydrogens (primary N) is 3. The number of nitrogens with one attached hydrogen (secondary N) is 4. The predicted molar refractivity (Wildman–Crippen MR) is 166 cm³/mol. The van der Waals surface area contributed by atoms with Crippen LogP contribution >= 0.6 is 11.8 Å². The number of carboxylic acid groups (broad SMARTS) is 1. The first-order valence-corrected chi connectivity index (χ1v) is 15.3. The van der Waals surface area contributed by atoms with Gasteiger partial charge >= 0.3 is 5.97 Å². The fourth-order valence-electron chi connectivity index (χ4n) is 4.39. The third-order valence-corrected chi connectivity index (χ3v) is 7.25. The van der Waals surface area contributed by atoms with E-state index in [-0.39, 0.29) is 31.3 Å². The number of fused-ring (bicyclic) bond motifs is 1. The van der Waals surface area contributed by atoms with Gasteiger partial charge in [0.15, 0.2) is 5.96 Å². The Kier molecular flexibility index (Phi) is 14.1. The molecule has 232 valence electrons. The Hall–Kier alpha value is -3.78. The third-order valence-electron chi connectivity index (χ3n) is 6.60. The summed E-state index contributed by atoms with van der Waals surface area (Å²) in [4.78, 5) is 58.7. The number of nitrogens with zero attached hydrogens (tertiary/aromatic N) is 1. The molecule has 0 aliphatic carbocycles. The monoisotopic (exact) mass is 604 g/mol. The van der Waals surface area contributed by atoms with Crippen molar-refractivity contribution >= 4 is 52.3 Å². The maximum Gasteiger partial charge on any atom is 0.326 e. The normalized spacial score (nSPS) is 14.0. The molecule has 2 aromatic rings. The summed E-state index contributed by atoms with van der Waals surface area (Å²) < 4.78 is 0. The summed E-state index contributed by atoms with van der Waals surface area (Å²) in [5, 5.41) is 18.7. The fourth-order valence-corrected chi connectivity index (χ4v) is 4.88. The van der Waals surface area contributed by atoms with Gasteiger partial charge in [0.05, 0.1) is 6.04 Å². The van der Waals surface area contributed by atoms with Crippen LogP contribution < -0.4 is 33.2 Å². The summed E-state index contributed by atoms with van der Waals surface area (Å²) >= 11 is 1.57. The Balaban J connectivity index is 2.28. The van der Waals surface area contributed by atoms with Crippen LogP contribution in [0.1, 0.15) is 45.1 Å². The minimum Gasteiger partial charge on any atom is -0.480 e. The number of carbonyl (C=O) groups excluding carboxylic acids is 3. The molecule has 1 aromatic heterocycles. The van der Waals surface area contributed by atoms with Gasteiger partial charge in [0.1, 0.15) is 18.1 Å². The molecule has 14 heteroatoms. The first-order chi connectivity index (χ1) is 19.9. The number of carbonyl (C=O) groups is 4. The van der Waals surface area contributed by atoms with Crippen LogP contribution in [0.5, 0.6) is 0 Å². The molecule has 0 aliphatic rings. The number of rotatable bonds is 18. The Bertz CT molecular complexity index is 1230. The lowest BCUT2D eigenvalue weighted by Gasteiger charge is -2.26. The number of aromatic nitrogens is 1. The summed E-state index contributed by atoms with van der Waals surface area (Å²) in [5.74, 6) is -2.28. The van der Waals surface area contributed by atoms with Crippen LogP contribution in [0.15, 0.2) is 35.5 Å². The van der Waals surface area contributed by atoms with E-state index in [4.69, 9.17) is 17.2 Å². The van der Waals surface area contributed by atoms with Crippen LogP contribution in [-0.2, 0) is 25.6 Å². The molecule has 11 N–H and O–H groups in total. The standard InChI is InChI=1S/C28H44N8O5S/c1-16(2)13-22(35-24(37)19(29)10-12-42-3)25(38)36-23(14-17-15-33-20-8-5-4-7-18(17)20)26(39)34-21(27(40)41)9-6-11-32-28(30)31/h4-5,7-8,15-16,19,21-23,33H,6,9-14,29H2,1-3H3,(H,34,39)(H,35,37)(H,36,38)(H,40,41)(H4,30,31,32). The number of H-pyrrole nitrogens is 1. The highest BCUT2D eigenvalue weighted by Crippen LogP contribution is 2.19. The van der Waals surface area contributed by atoms with Gasteiger partial charge in [-0.2, -0.15) is 11.8 Å². The SMILES string of the molecule is CSCCC(N)C(=O)NC(CC(C)C)C(=O)NC(Cc1c[nH]c2ccccc12)C(=O)NC(CCCN=C(N)N)C(=O)O. The molecule has 42 heavy (non-hydrogen) atoms. The number of thioether (sulfide) groups is 1. The van der Waals surface area contributed by atoms with Crippen molar-refractivity contribution in [2.45, 2.75) is 70.1 Å². The first kappa shape index (κ1) is 34.4. The van der Waals surface area contributed by atoms with Gasteiger partial charge in [0.2, 0.25) is 17.7 Å². The average Bonchev–Trinajstić information content (AvgIpc) is 3.34. The van der Waals surface area contributed by atoms with Crippen LogP contribution in [0.2, 0.25) is 0 Å². The van der Waals surface area contributed by atoms with Crippen molar-refractivity contribution in [1.82, 2.24) is 20.9 Å². The second-order valence-corrected chi connectivity index (χ2v) is 11.5. The minimum absolute atomic E-state index is 0.0472. The number of aromatic amines is 1. The molecule has 13 nitrogen and oxygen atoms in total. The van der Waals surface area contributed by atoms with E-state index in [1.54, 1.807) is 18.0 Å². The van der Waals surface area contributed by atoms with Crippen LogP contribution in [0, 0.1) is 5.92 Å². The molecule has 3 amide bonds. The fraction of sp³-hybridized carbons (Fsp3) is 0.536. The molecule has 0 fully saturated rings. The number of hydrogen-bond donors (Lipinski definition) is 8. The Morgan fingerprint density at radius 3 is 2.26 bits per heavy atom. The largest absolute Gasteiger partial charge is 0.480 e. The third kappa shape index (κ3) is 11.2. The smallest absolute Gasteiger partial charge is 0.326 e. The number of aliphatic carboxylic acids is 1. The zero-order valence-corrected chi connectivity index (χ0v) is 25.2. The maximum atomic E-state index is 13.5. The van der Waals surface area contributed by atoms with Crippen molar-refractivity contribution < 1.29 is 24.3 Å². The number of benzene rings is 1. The van der Waals surface area contributed by atoms with Gasteiger partial charge in [0, 0.05) is 30.1 Å². The lowest BCUT2D eigenvalue weighted by Crippen LogP contribution is -2.57. The predicted octanol–water partition coefficient (Wildman–Crippen LogP) is 0.430. The zero-order valence-electron chi connectivity index (χ0n) is 24.4. The maximum absolute atomic E-state index is 13.5. The summed E-state index contributed by atoms with van der Waals surface area (Å²) in [6, 6.07) is 3.43. The Morgan fingerprint density at radius 2 is 1.62 bits per heavy atom. The minimum atomic E-state index is -1.23. The van der Waals surface area contributed by atoms with Crippen molar-refractivity contribution in [2.24, 2.45) is 28.1 Å². The van der Waals surface area contributed by atoms with E-state index in [1.807, 2.05) is 44.4 Å². The number of guanidine groups is 1. The van der Waals surface area contributed by atoms with Crippen molar-refractivity contribution in [1.29, 1.82) is 0 Å².